The predicted octanol–water partition coefficient (Wildman–Crippen LogP) is 3.30. The largest absolute Gasteiger partial charge is 0.508 e. The van der Waals surface area contributed by atoms with Gasteiger partial charge in [-0.3, -0.25) is 4.79 Å². The number of carbonyl (C=O) groups excluding carboxylic acids is 1. The smallest absolute Gasteiger partial charge is 0.254 e. The lowest BCUT2D eigenvalue weighted by atomic mass is 10.1. The first kappa shape index (κ1) is 17.8. The van der Waals surface area contributed by atoms with Crippen molar-refractivity contribution in [2.75, 3.05) is 26.3 Å². The van der Waals surface area contributed by atoms with Gasteiger partial charge in [0.2, 0.25) is 4.96 Å². The highest BCUT2D eigenvalue weighted by molar-refractivity contribution is 7.19. The van der Waals surface area contributed by atoms with Crippen molar-refractivity contribution in [3.8, 4) is 27.6 Å². The zero-order valence-electron chi connectivity index (χ0n) is 15.5. The average Bonchev–Trinajstić information content (AvgIpc) is 3.36. The van der Waals surface area contributed by atoms with Gasteiger partial charge in [0.15, 0.2) is 0 Å². The molecule has 7 nitrogen and oxygen atoms in total. The number of nitrogens with zero attached hydrogens (tertiary/aromatic N) is 4. The molecule has 0 bridgehead atoms. The van der Waals surface area contributed by atoms with E-state index in [9.17, 15) is 9.90 Å². The van der Waals surface area contributed by atoms with Gasteiger partial charge in [-0.1, -0.05) is 23.5 Å². The van der Waals surface area contributed by atoms with Crippen molar-refractivity contribution >= 4 is 22.2 Å². The number of phenols is 1. The quantitative estimate of drug-likeness (QED) is 0.565. The maximum absolute atomic E-state index is 12.6. The Balaban J connectivity index is 1.42. The van der Waals surface area contributed by atoms with Gasteiger partial charge in [0, 0.05) is 29.8 Å². The van der Waals surface area contributed by atoms with E-state index < -0.39 is 0 Å². The number of rotatable bonds is 3. The molecular formula is C21H18N4O3S. The predicted molar refractivity (Wildman–Crippen MR) is 110 cm³/mol. The Hall–Kier alpha value is -3.23. The standard InChI is InChI=1S/C21H18N4O3S/c26-17-7-5-14(6-8-17)18-13-22-21-25(18)23-19(29-21)15-1-3-16(4-2-15)20(27)24-9-11-28-12-10-24/h1-8,13,26H,9-12H2. The zero-order chi connectivity index (χ0) is 19.8. The molecule has 29 heavy (non-hydrogen) atoms. The summed E-state index contributed by atoms with van der Waals surface area (Å²) >= 11 is 1.49. The number of morpholine rings is 1. The highest BCUT2D eigenvalue weighted by Gasteiger charge is 2.19. The Morgan fingerprint density at radius 1 is 1.00 bits per heavy atom. The lowest BCUT2D eigenvalue weighted by Gasteiger charge is -2.26. The molecule has 0 unspecified atom stereocenters. The summed E-state index contributed by atoms with van der Waals surface area (Å²) in [6.07, 6.45) is 1.78. The number of imidazole rings is 1. The maximum atomic E-state index is 12.6. The van der Waals surface area contributed by atoms with Crippen LogP contribution in [0.2, 0.25) is 0 Å². The van der Waals surface area contributed by atoms with Crippen LogP contribution in [0, 0.1) is 0 Å². The average molecular weight is 406 g/mol. The molecule has 1 aliphatic heterocycles. The summed E-state index contributed by atoms with van der Waals surface area (Å²) in [5.41, 5.74) is 3.40. The van der Waals surface area contributed by atoms with Crippen molar-refractivity contribution < 1.29 is 14.6 Å². The molecule has 0 aliphatic carbocycles. The van der Waals surface area contributed by atoms with Crippen LogP contribution in [0.15, 0.2) is 54.7 Å². The molecule has 0 radical (unpaired) electrons. The molecule has 8 heteroatoms. The number of hydrogen-bond donors (Lipinski definition) is 1. The summed E-state index contributed by atoms with van der Waals surface area (Å²) in [6.45, 7) is 2.44. The topological polar surface area (TPSA) is 80.0 Å². The van der Waals surface area contributed by atoms with Crippen LogP contribution >= 0.6 is 11.3 Å². The normalized spacial score (nSPS) is 14.4. The Morgan fingerprint density at radius 2 is 1.69 bits per heavy atom. The van der Waals surface area contributed by atoms with Gasteiger partial charge >= 0.3 is 0 Å². The number of ether oxygens (including phenoxy) is 1. The fourth-order valence-electron chi connectivity index (χ4n) is 3.34. The third-order valence-corrected chi connectivity index (χ3v) is 5.90. The van der Waals surface area contributed by atoms with Gasteiger partial charge in [0.05, 0.1) is 25.1 Å². The first-order valence-corrected chi connectivity index (χ1v) is 10.1. The lowest BCUT2D eigenvalue weighted by molar-refractivity contribution is 0.0303. The van der Waals surface area contributed by atoms with Crippen molar-refractivity contribution in [2.24, 2.45) is 0 Å². The van der Waals surface area contributed by atoms with E-state index in [1.54, 1.807) is 22.8 Å². The Morgan fingerprint density at radius 3 is 2.41 bits per heavy atom. The SMILES string of the molecule is O=C(c1ccc(-c2nn3c(-c4ccc(O)cc4)cnc3s2)cc1)N1CCOCC1. The summed E-state index contributed by atoms with van der Waals surface area (Å²) in [4.78, 5) is 19.7. The van der Waals surface area contributed by atoms with Crippen LogP contribution in [0.1, 0.15) is 10.4 Å². The molecule has 1 N–H and O–H groups in total. The number of hydrogen-bond acceptors (Lipinski definition) is 6. The van der Waals surface area contributed by atoms with Crippen molar-refractivity contribution in [3.05, 3.63) is 60.3 Å². The van der Waals surface area contributed by atoms with Crippen LogP contribution < -0.4 is 0 Å². The van der Waals surface area contributed by atoms with Crippen LogP contribution in [-0.2, 0) is 4.74 Å². The highest BCUT2D eigenvalue weighted by atomic mass is 32.1. The van der Waals surface area contributed by atoms with E-state index >= 15 is 0 Å². The summed E-state index contributed by atoms with van der Waals surface area (Å²) in [6, 6.07) is 14.5. The van der Waals surface area contributed by atoms with Crippen LogP contribution in [0.3, 0.4) is 0 Å². The van der Waals surface area contributed by atoms with Crippen LogP contribution in [0.5, 0.6) is 5.75 Å². The van der Waals surface area contributed by atoms with Crippen LogP contribution in [0.25, 0.3) is 26.8 Å². The van der Waals surface area contributed by atoms with Crippen molar-refractivity contribution in [1.82, 2.24) is 19.5 Å². The monoisotopic (exact) mass is 406 g/mol. The molecular weight excluding hydrogens is 388 g/mol. The molecule has 3 heterocycles. The molecule has 0 atom stereocenters. The molecule has 1 fully saturated rings. The minimum Gasteiger partial charge on any atom is -0.508 e. The van der Waals surface area contributed by atoms with Gasteiger partial charge in [-0.15, -0.1) is 0 Å². The third kappa shape index (κ3) is 3.37. The molecule has 2 aromatic heterocycles. The molecule has 0 spiro atoms. The molecule has 5 rings (SSSR count). The first-order chi connectivity index (χ1) is 14.2. The number of fused-ring (bicyclic) bond motifs is 1. The summed E-state index contributed by atoms with van der Waals surface area (Å²) < 4.78 is 7.11. The Bertz CT molecular complexity index is 1160. The second-order valence-corrected chi connectivity index (χ2v) is 7.73. The number of amides is 1. The van der Waals surface area contributed by atoms with Crippen molar-refractivity contribution in [2.45, 2.75) is 0 Å². The van der Waals surface area contributed by atoms with E-state index in [0.717, 1.165) is 26.8 Å². The van der Waals surface area contributed by atoms with Gasteiger partial charge in [-0.2, -0.15) is 5.10 Å². The van der Waals surface area contributed by atoms with E-state index in [1.165, 1.54) is 11.3 Å². The third-order valence-electron chi connectivity index (χ3n) is 4.93. The van der Waals surface area contributed by atoms with Gasteiger partial charge in [-0.25, -0.2) is 9.50 Å². The van der Waals surface area contributed by atoms with Crippen molar-refractivity contribution in [3.63, 3.8) is 0 Å². The molecule has 1 saturated heterocycles. The van der Waals surface area contributed by atoms with E-state index in [1.807, 2.05) is 41.3 Å². The van der Waals surface area contributed by atoms with Gasteiger partial charge in [0.25, 0.3) is 5.91 Å². The van der Waals surface area contributed by atoms with E-state index in [2.05, 4.69) is 4.98 Å². The highest BCUT2D eigenvalue weighted by Crippen LogP contribution is 2.30. The maximum Gasteiger partial charge on any atom is 0.254 e. The van der Waals surface area contributed by atoms with Gasteiger partial charge in [0.1, 0.15) is 10.8 Å². The van der Waals surface area contributed by atoms with Crippen LogP contribution in [-0.4, -0.2) is 56.8 Å². The fraction of sp³-hybridized carbons (Fsp3) is 0.190. The number of aromatic nitrogens is 3. The number of benzene rings is 2. The molecule has 0 saturated carbocycles. The second-order valence-electron chi connectivity index (χ2n) is 6.77. The fourth-order valence-corrected chi connectivity index (χ4v) is 4.22. The molecule has 2 aromatic carbocycles. The minimum absolute atomic E-state index is 0.0309. The lowest BCUT2D eigenvalue weighted by Crippen LogP contribution is -2.40. The zero-order valence-corrected chi connectivity index (χ0v) is 16.3. The second kappa shape index (κ2) is 7.31. The molecule has 4 aromatic rings. The number of carbonyl (C=O) groups is 1. The Labute approximate surface area is 170 Å². The van der Waals surface area contributed by atoms with Crippen molar-refractivity contribution in [1.29, 1.82) is 0 Å². The Kier molecular flexibility index (Phi) is 4.49. The molecule has 1 aliphatic rings. The first-order valence-electron chi connectivity index (χ1n) is 9.30. The summed E-state index contributed by atoms with van der Waals surface area (Å²) in [5, 5.41) is 15.0. The molecule has 1 amide bonds. The van der Waals surface area contributed by atoms with E-state index in [-0.39, 0.29) is 11.7 Å². The number of phenolic OH excluding ortho intramolecular Hbond substituents is 1. The van der Waals surface area contributed by atoms with E-state index in [0.29, 0.717) is 31.9 Å². The number of aromatic hydroxyl groups is 1. The summed E-state index contributed by atoms with van der Waals surface area (Å²) in [7, 11) is 0. The van der Waals surface area contributed by atoms with Gasteiger partial charge in [-0.05, 0) is 36.4 Å². The van der Waals surface area contributed by atoms with Gasteiger partial charge < -0.3 is 14.7 Å². The summed E-state index contributed by atoms with van der Waals surface area (Å²) in [5.74, 6) is 0.253. The molecule has 146 valence electrons. The van der Waals surface area contributed by atoms with E-state index in [4.69, 9.17) is 9.84 Å². The van der Waals surface area contributed by atoms with Crippen LogP contribution in [0.4, 0.5) is 0 Å². The minimum atomic E-state index is 0.0309.